The molecule has 2 aromatic heterocycles. The molecule has 0 amide bonds. The SMILES string of the molecule is [C-]#[N+]c1cc(-c2ccncc2)c(/C=N/N)[nH]c1=O. The Morgan fingerprint density at radius 3 is 2.78 bits per heavy atom. The lowest BCUT2D eigenvalue weighted by atomic mass is 10.1. The van der Waals surface area contributed by atoms with Gasteiger partial charge in [0.2, 0.25) is 0 Å². The molecule has 0 aliphatic rings. The van der Waals surface area contributed by atoms with Crippen LogP contribution in [0.5, 0.6) is 0 Å². The van der Waals surface area contributed by atoms with E-state index in [2.05, 4.69) is 19.9 Å². The second-order valence-corrected chi connectivity index (χ2v) is 3.44. The molecule has 0 saturated carbocycles. The zero-order valence-electron chi connectivity index (χ0n) is 9.29. The molecule has 0 spiro atoms. The molecule has 0 bridgehead atoms. The fourth-order valence-electron chi connectivity index (χ4n) is 1.56. The molecule has 6 nitrogen and oxygen atoms in total. The number of nitrogens with two attached hydrogens (primary N) is 1. The fraction of sp³-hybridized carbons (Fsp3) is 0. The van der Waals surface area contributed by atoms with Crippen LogP contribution in [0.25, 0.3) is 16.0 Å². The molecular weight excluding hydrogens is 230 g/mol. The maximum absolute atomic E-state index is 11.5. The Bertz CT molecular complexity index is 682. The number of hydrazone groups is 1. The molecule has 6 heteroatoms. The van der Waals surface area contributed by atoms with Gasteiger partial charge in [-0.1, -0.05) is 0 Å². The third-order valence-corrected chi connectivity index (χ3v) is 2.37. The molecule has 2 aromatic rings. The van der Waals surface area contributed by atoms with Gasteiger partial charge in [-0.05, 0) is 29.3 Å². The highest BCUT2D eigenvalue weighted by Gasteiger charge is 2.08. The number of nitrogens with zero attached hydrogens (tertiary/aromatic N) is 3. The van der Waals surface area contributed by atoms with Crippen LogP contribution in [0, 0.1) is 6.57 Å². The molecule has 18 heavy (non-hydrogen) atoms. The summed E-state index contributed by atoms with van der Waals surface area (Å²) in [5, 5.41) is 3.40. The summed E-state index contributed by atoms with van der Waals surface area (Å²) in [6, 6.07) is 5.06. The predicted octanol–water partition coefficient (Wildman–Crippen LogP) is 1.28. The van der Waals surface area contributed by atoms with E-state index >= 15 is 0 Å². The van der Waals surface area contributed by atoms with E-state index < -0.39 is 5.56 Å². The number of hydrogen-bond acceptors (Lipinski definition) is 4. The lowest BCUT2D eigenvalue weighted by molar-refractivity contribution is 1.20. The van der Waals surface area contributed by atoms with Crippen molar-refractivity contribution in [3.63, 3.8) is 0 Å². The first-order valence-electron chi connectivity index (χ1n) is 5.04. The van der Waals surface area contributed by atoms with Crippen molar-refractivity contribution >= 4 is 11.9 Å². The topological polar surface area (TPSA) is 88.5 Å². The van der Waals surface area contributed by atoms with Crippen molar-refractivity contribution < 1.29 is 0 Å². The van der Waals surface area contributed by atoms with Crippen LogP contribution in [0.4, 0.5) is 5.69 Å². The van der Waals surface area contributed by atoms with E-state index in [1.807, 2.05) is 0 Å². The minimum atomic E-state index is -0.460. The summed E-state index contributed by atoms with van der Waals surface area (Å²) in [5.41, 5.74) is 1.52. The van der Waals surface area contributed by atoms with Gasteiger partial charge in [0.05, 0.1) is 18.5 Å². The van der Waals surface area contributed by atoms with E-state index in [9.17, 15) is 4.79 Å². The van der Waals surface area contributed by atoms with Gasteiger partial charge in [-0.25, -0.2) is 4.85 Å². The van der Waals surface area contributed by atoms with Crippen molar-refractivity contribution in [1.82, 2.24) is 9.97 Å². The molecule has 3 N–H and O–H groups in total. The van der Waals surface area contributed by atoms with Gasteiger partial charge >= 0.3 is 0 Å². The Hall–Kier alpha value is -2.94. The van der Waals surface area contributed by atoms with Crippen LogP contribution in [0.15, 0.2) is 40.5 Å². The Labute approximate surface area is 103 Å². The average molecular weight is 239 g/mol. The molecule has 0 aliphatic heterocycles. The molecule has 0 atom stereocenters. The normalized spacial score (nSPS) is 10.4. The zero-order valence-corrected chi connectivity index (χ0v) is 9.29. The predicted molar refractivity (Wildman–Crippen MR) is 68.3 cm³/mol. The van der Waals surface area contributed by atoms with Gasteiger partial charge in [0.1, 0.15) is 0 Å². The molecule has 0 fully saturated rings. The molecule has 88 valence electrons. The second kappa shape index (κ2) is 4.93. The number of aromatic amines is 1. The number of nitrogens with one attached hydrogen (secondary N) is 1. The van der Waals surface area contributed by atoms with Crippen molar-refractivity contribution in [3.8, 4) is 11.1 Å². The van der Waals surface area contributed by atoms with Crippen molar-refractivity contribution in [2.45, 2.75) is 0 Å². The molecular formula is C12H9N5O. The van der Waals surface area contributed by atoms with Crippen molar-refractivity contribution in [3.05, 3.63) is 58.1 Å². The summed E-state index contributed by atoms with van der Waals surface area (Å²) < 4.78 is 0. The Morgan fingerprint density at radius 1 is 1.44 bits per heavy atom. The molecule has 0 saturated heterocycles. The maximum Gasteiger partial charge on any atom is 0.254 e. The summed E-state index contributed by atoms with van der Waals surface area (Å²) in [5.74, 6) is 5.10. The van der Waals surface area contributed by atoms with Crippen molar-refractivity contribution in [2.75, 3.05) is 0 Å². The van der Waals surface area contributed by atoms with Crippen molar-refractivity contribution in [2.24, 2.45) is 10.9 Å². The van der Waals surface area contributed by atoms with Gasteiger partial charge in [-0.15, -0.1) is 0 Å². The monoisotopic (exact) mass is 239 g/mol. The van der Waals surface area contributed by atoms with E-state index in [4.69, 9.17) is 12.4 Å². The van der Waals surface area contributed by atoms with Gasteiger partial charge in [0, 0.05) is 12.4 Å². The first-order chi connectivity index (χ1) is 8.76. The van der Waals surface area contributed by atoms with E-state index in [0.29, 0.717) is 11.3 Å². The lowest BCUT2D eigenvalue weighted by Gasteiger charge is -2.05. The highest BCUT2D eigenvalue weighted by molar-refractivity contribution is 5.89. The van der Waals surface area contributed by atoms with E-state index in [-0.39, 0.29) is 5.69 Å². The summed E-state index contributed by atoms with van der Waals surface area (Å²) in [6.45, 7) is 6.95. The van der Waals surface area contributed by atoms with Crippen LogP contribution in [0.2, 0.25) is 0 Å². The number of aromatic nitrogens is 2. The molecule has 0 aliphatic carbocycles. The third kappa shape index (κ3) is 2.10. The van der Waals surface area contributed by atoms with Crippen LogP contribution < -0.4 is 11.4 Å². The van der Waals surface area contributed by atoms with E-state index in [1.165, 1.54) is 12.3 Å². The van der Waals surface area contributed by atoms with Gasteiger partial charge < -0.3 is 10.8 Å². The molecule has 0 aromatic carbocycles. The molecule has 2 rings (SSSR count). The highest BCUT2D eigenvalue weighted by atomic mass is 16.1. The van der Waals surface area contributed by atoms with Crippen LogP contribution in [-0.4, -0.2) is 16.2 Å². The van der Waals surface area contributed by atoms with Gasteiger partial charge in [-0.2, -0.15) is 5.10 Å². The van der Waals surface area contributed by atoms with Gasteiger partial charge in [-0.3, -0.25) is 9.78 Å². The van der Waals surface area contributed by atoms with E-state index in [1.54, 1.807) is 24.5 Å². The number of H-pyrrole nitrogens is 1. The summed E-state index contributed by atoms with van der Waals surface area (Å²) in [6.07, 6.45) is 4.59. The lowest BCUT2D eigenvalue weighted by Crippen LogP contribution is -2.09. The quantitative estimate of drug-likeness (QED) is 0.358. The fourth-order valence-corrected chi connectivity index (χ4v) is 1.56. The van der Waals surface area contributed by atoms with Crippen LogP contribution in [0.3, 0.4) is 0 Å². The smallest absolute Gasteiger partial charge is 0.254 e. The summed E-state index contributed by atoms with van der Waals surface area (Å²) >= 11 is 0. The van der Waals surface area contributed by atoms with Crippen LogP contribution in [-0.2, 0) is 0 Å². The Kier molecular flexibility index (Phi) is 3.16. The average Bonchev–Trinajstić information content (AvgIpc) is 2.40. The Balaban J connectivity index is 2.72. The number of hydrogen-bond donors (Lipinski definition) is 2. The van der Waals surface area contributed by atoms with Crippen LogP contribution in [0.1, 0.15) is 5.69 Å². The first kappa shape index (κ1) is 11.5. The standard InChI is InChI=1S/C12H9N5O/c1-14-10-6-9(8-2-4-15-5-3-8)11(7-16-13)17-12(10)18/h2-7H,13H2,(H,17,18)/b16-7+. The number of pyridine rings is 2. The van der Waals surface area contributed by atoms with Crippen LogP contribution >= 0.6 is 0 Å². The maximum atomic E-state index is 11.5. The molecule has 0 unspecified atom stereocenters. The van der Waals surface area contributed by atoms with Crippen molar-refractivity contribution in [1.29, 1.82) is 0 Å². The largest absolute Gasteiger partial charge is 0.330 e. The third-order valence-electron chi connectivity index (χ3n) is 2.37. The first-order valence-corrected chi connectivity index (χ1v) is 5.04. The van der Waals surface area contributed by atoms with Gasteiger partial charge in [0.25, 0.3) is 11.2 Å². The molecule has 2 heterocycles. The summed E-state index contributed by atoms with van der Waals surface area (Å²) in [7, 11) is 0. The van der Waals surface area contributed by atoms with E-state index in [0.717, 1.165) is 5.56 Å². The molecule has 0 radical (unpaired) electrons. The Morgan fingerprint density at radius 2 is 2.17 bits per heavy atom. The zero-order chi connectivity index (χ0) is 13.0. The summed E-state index contributed by atoms with van der Waals surface area (Å²) in [4.78, 5) is 21.2. The highest BCUT2D eigenvalue weighted by Crippen LogP contribution is 2.23. The minimum absolute atomic E-state index is 0.0241. The van der Waals surface area contributed by atoms with Gasteiger partial charge in [0.15, 0.2) is 0 Å². The second-order valence-electron chi connectivity index (χ2n) is 3.44. The minimum Gasteiger partial charge on any atom is -0.330 e. The number of rotatable bonds is 2.